The predicted molar refractivity (Wildman–Crippen MR) is 152 cm³/mol. The SMILES string of the molecule is CC(C)c1nc(N=S(C)(=O)c2ccc3ccccc3c2)c2cc(N)c(C=N)cc2c1-c1ccc(F)cc1. The van der Waals surface area contributed by atoms with Crippen LogP contribution in [0.15, 0.2) is 88.1 Å². The van der Waals surface area contributed by atoms with Crippen molar-refractivity contribution in [2.45, 2.75) is 24.7 Å². The Kier molecular flexibility index (Phi) is 6.25. The number of fused-ring (bicyclic) bond motifs is 2. The molecule has 0 fully saturated rings. The summed E-state index contributed by atoms with van der Waals surface area (Å²) in [5.41, 5.74) is 9.57. The van der Waals surface area contributed by atoms with Gasteiger partial charge in [-0.05, 0) is 64.0 Å². The lowest BCUT2D eigenvalue weighted by Gasteiger charge is -2.18. The van der Waals surface area contributed by atoms with Crippen LogP contribution in [0.1, 0.15) is 31.0 Å². The van der Waals surface area contributed by atoms with Crippen molar-refractivity contribution in [3.63, 3.8) is 0 Å². The maximum absolute atomic E-state index is 14.0. The number of pyridine rings is 1. The minimum atomic E-state index is -2.87. The Morgan fingerprint density at radius 1 is 0.973 bits per heavy atom. The Morgan fingerprint density at radius 3 is 2.35 bits per heavy atom. The molecule has 5 rings (SSSR count). The molecule has 1 atom stereocenters. The van der Waals surface area contributed by atoms with Crippen LogP contribution >= 0.6 is 0 Å². The first-order valence-electron chi connectivity index (χ1n) is 11.9. The fraction of sp³-hybridized carbons (Fsp3) is 0.133. The van der Waals surface area contributed by atoms with Crippen molar-refractivity contribution in [2.24, 2.45) is 4.36 Å². The van der Waals surface area contributed by atoms with Crippen molar-refractivity contribution in [3.8, 4) is 11.1 Å². The zero-order valence-corrected chi connectivity index (χ0v) is 21.6. The van der Waals surface area contributed by atoms with Gasteiger partial charge >= 0.3 is 0 Å². The number of anilines is 1. The summed E-state index contributed by atoms with van der Waals surface area (Å²) >= 11 is 0. The Hall–Kier alpha value is -4.10. The number of halogens is 1. The van der Waals surface area contributed by atoms with Crippen LogP contribution in [0.5, 0.6) is 0 Å². The standard InChI is InChI=1S/C30H27FN4OS/c1-18(2)29-28(20-8-11-23(31)12-9-20)25-15-22(17-32)27(33)16-26(25)30(34-29)35-37(3,36)24-13-10-19-6-4-5-7-21(19)14-24/h4-18,32H,33H2,1-3H3. The molecular weight excluding hydrogens is 483 g/mol. The summed E-state index contributed by atoms with van der Waals surface area (Å²) < 4.78 is 32.5. The van der Waals surface area contributed by atoms with E-state index in [-0.39, 0.29) is 11.7 Å². The third kappa shape index (κ3) is 4.58. The molecule has 1 aromatic heterocycles. The fourth-order valence-corrected chi connectivity index (χ4v) is 5.79. The smallest absolute Gasteiger partial charge is 0.170 e. The van der Waals surface area contributed by atoms with Gasteiger partial charge in [0.25, 0.3) is 0 Å². The molecule has 37 heavy (non-hydrogen) atoms. The van der Waals surface area contributed by atoms with Crippen molar-refractivity contribution in [1.29, 1.82) is 5.41 Å². The van der Waals surface area contributed by atoms with Crippen molar-refractivity contribution < 1.29 is 8.60 Å². The van der Waals surface area contributed by atoms with E-state index < -0.39 is 9.73 Å². The summed E-state index contributed by atoms with van der Waals surface area (Å²) in [5, 5.41) is 11.3. The first-order valence-corrected chi connectivity index (χ1v) is 13.8. The number of nitrogens with two attached hydrogens (primary N) is 1. The average Bonchev–Trinajstić information content (AvgIpc) is 2.88. The van der Waals surface area contributed by atoms with E-state index in [1.54, 1.807) is 24.5 Å². The number of hydrogen-bond acceptors (Lipinski definition) is 5. The van der Waals surface area contributed by atoms with Gasteiger partial charge in [-0.1, -0.05) is 56.3 Å². The number of nitrogen functional groups attached to an aromatic ring is 1. The van der Waals surface area contributed by atoms with Crippen LogP contribution < -0.4 is 5.73 Å². The molecule has 1 unspecified atom stereocenters. The molecule has 0 bridgehead atoms. The van der Waals surface area contributed by atoms with Crippen LogP contribution in [-0.4, -0.2) is 21.7 Å². The van der Waals surface area contributed by atoms with Gasteiger partial charge in [0.1, 0.15) is 5.82 Å². The minimum Gasteiger partial charge on any atom is -0.398 e. The lowest BCUT2D eigenvalue weighted by Crippen LogP contribution is -2.03. The molecule has 7 heteroatoms. The predicted octanol–water partition coefficient (Wildman–Crippen LogP) is 7.69. The number of nitrogens with zero attached hydrogens (tertiary/aromatic N) is 2. The van der Waals surface area contributed by atoms with Gasteiger partial charge in [0.05, 0.1) is 15.4 Å². The summed E-state index contributed by atoms with van der Waals surface area (Å²) in [6.45, 7) is 4.04. The Bertz CT molecular complexity index is 1800. The third-order valence-electron chi connectivity index (χ3n) is 6.47. The van der Waals surface area contributed by atoms with E-state index in [0.29, 0.717) is 27.4 Å². The highest BCUT2D eigenvalue weighted by molar-refractivity contribution is 7.93. The Labute approximate surface area is 215 Å². The summed E-state index contributed by atoms with van der Waals surface area (Å²) in [7, 11) is -2.87. The van der Waals surface area contributed by atoms with Crippen LogP contribution in [0, 0.1) is 11.2 Å². The molecule has 5 aromatic rings. The highest BCUT2D eigenvalue weighted by Gasteiger charge is 2.20. The normalized spacial score (nSPS) is 13.1. The van der Waals surface area contributed by atoms with Gasteiger partial charge < -0.3 is 11.1 Å². The number of benzene rings is 4. The monoisotopic (exact) mass is 510 g/mol. The molecule has 5 nitrogen and oxygen atoms in total. The highest BCUT2D eigenvalue weighted by atomic mass is 32.2. The molecule has 0 aliphatic rings. The van der Waals surface area contributed by atoms with Crippen molar-refractivity contribution in [2.75, 3.05) is 12.0 Å². The highest BCUT2D eigenvalue weighted by Crippen LogP contribution is 2.41. The van der Waals surface area contributed by atoms with Gasteiger partial charge in [-0.3, -0.25) is 0 Å². The lowest BCUT2D eigenvalue weighted by molar-refractivity contribution is 0.628. The van der Waals surface area contributed by atoms with Crippen LogP contribution in [0.3, 0.4) is 0 Å². The molecule has 1 heterocycles. The second kappa shape index (κ2) is 9.41. The summed E-state index contributed by atoms with van der Waals surface area (Å²) in [4.78, 5) is 5.53. The van der Waals surface area contributed by atoms with E-state index in [9.17, 15) is 8.60 Å². The number of aromatic nitrogens is 1. The second-order valence-electron chi connectivity index (χ2n) is 9.43. The van der Waals surface area contributed by atoms with E-state index in [1.165, 1.54) is 18.3 Å². The minimum absolute atomic E-state index is 0.00651. The first-order chi connectivity index (χ1) is 17.7. The van der Waals surface area contributed by atoms with Gasteiger partial charge in [0, 0.05) is 39.6 Å². The molecule has 0 radical (unpaired) electrons. The molecule has 0 saturated carbocycles. The maximum Gasteiger partial charge on any atom is 0.170 e. The molecule has 0 aliphatic heterocycles. The van der Waals surface area contributed by atoms with E-state index in [4.69, 9.17) is 20.5 Å². The van der Waals surface area contributed by atoms with Crippen LogP contribution in [-0.2, 0) is 9.73 Å². The molecular formula is C30H27FN4OS. The topological polar surface area (TPSA) is 92.2 Å². The molecule has 0 amide bonds. The molecule has 0 aliphatic carbocycles. The Balaban J connectivity index is 1.84. The quantitative estimate of drug-likeness (QED) is 0.188. The van der Waals surface area contributed by atoms with E-state index in [0.717, 1.165) is 33.0 Å². The van der Waals surface area contributed by atoms with Crippen LogP contribution in [0.4, 0.5) is 15.9 Å². The maximum atomic E-state index is 14.0. The zero-order valence-electron chi connectivity index (χ0n) is 20.8. The lowest BCUT2D eigenvalue weighted by atomic mass is 9.91. The summed E-state index contributed by atoms with van der Waals surface area (Å²) in [6, 6.07) is 23.4. The zero-order chi connectivity index (χ0) is 26.3. The van der Waals surface area contributed by atoms with Gasteiger partial charge in [-0.2, -0.15) is 4.36 Å². The van der Waals surface area contributed by atoms with E-state index in [2.05, 4.69) is 0 Å². The van der Waals surface area contributed by atoms with Crippen molar-refractivity contribution in [1.82, 2.24) is 4.98 Å². The number of rotatable bonds is 5. The van der Waals surface area contributed by atoms with Gasteiger partial charge in [0.2, 0.25) is 0 Å². The largest absolute Gasteiger partial charge is 0.398 e. The number of hydrogen-bond donors (Lipinski definition) is 2. The second-order valence-corrected chi connectivity index (χ2v) is 11.7. The van der Waals surface area contributed by atoms with Crippen molar-refractivity contribution >= 4 is 49.0 Å². The van der Waals surface area contributed by atoms with Crippen LogP contribution in [0.25, 0.3) is 32.7 Å². The molecule has 0 saturated heterocycles. The third-order valence-corrected chi connectivity index (χ3v) is 8.12. The first kappa shape index (κ1) is 24.6. The van der Waals surface area contributed by atoms with Crippen LogP contribution in [0.2, 0.25) is 0 Å². The summed E-state index contributed by atoms with van der Waals surface area (Å²) in [6.07, 6.45) is 2.82. The Morgan fingerprint density at radius 2 is 1.68 bits per heavy atom. The number of nitrogens with one attached hydrogen (secondary N) is 1. The summed E-state index contributed by atoms with van der Waals surface area (Å²) in [5.74, 6) is -0.00863. The van der Waals surface area contributed by atoms with Gasteiger partial charge in [0.15, 0.2) is 5.82 Å². The van der Waals surface area contributed by atoms with Gasteiger partial charge in [-0.15, -0.1) is 0 Å². The molecule has 186 valence electrons. The van der Waals surface area contributed by atoms with E-state index >= 15 is 0 Å². The molecule has 4 aromatic carbocycles. The van der Waals surface area contributed by atoms with Gasteiger partial charge in [-0.25, -0.2) is 13.6 Å². The van der Waals surface area contributed by atoms with Crippen molar-refractivity contribution in [3.05, 3.63) is 95.9 Å². The molecule has 3 N–H and O–H groups in total. The molecule has 0 spiro atoms. The average molecular weight is 511 g/mol. The fourth-order valence-electron chi connectivity index (χ4n) is 4.55. The van der Waals surface area contributed by atoms with E-state index in [1.807, 2.05) is 62.4 Å².